The number of hydrogen-bond donors (Lipinski definition) is 2. The number of carbonyl (C=O) groups excluding carboxylic acids is 1. The maximum atomic E-state index is 11.7. The molecule has 4 heteroatoms. The van der Waals surface area contributed by atoms with Crippen LogP contribution in [0, 0.1) is 6.92 Å². The highest BCUT2D eigenvalue weighted by Gasteiger charge is 2.13. The van der Waals surface area contributed by atoms with E-state index < -0.39 is 6.04 Å². The predicted molar refractivity (Wildman–Crippen MR) is 67.7 cm³/mol. The Morgan fingerprint density at radius 3 is 2.88 bits per heavy atom. The number of hydrogen-bond acceptors (Lipinski definition) is 2. The second kappa shape index (κ2) is 5.87. The fraction of sp³-hybridized carbons (Fsp3) is 0.417. The zero-order valence-electron chi connectivity index (χ0n) is 9.59. The summed E-state index contributed by atoms with van der Waals surface area (Å²) in [6.45, 7) is 3.86. The van der Waals surface area contributed by atoms with Gasteiger partial charge in [0.05, 0.1) is 6.04 Å². The van der Waals surface area contributed by atoms with Gasteiger partial charge in [0.25, 0.3) is 0 Å². The minimum Gasteiger partial charge on any atom is -0.324 e. The van der Waals surface area contributed by atoms with Crippen molar-refractivity contribution in [2.24, 2.45) is 5.73 Å². The molecule has 0 fully saturated rings. The van der Waals surface area contributed by atoms with E-state index in [0.29, 0.717) is 11.4 Å². The molecule has 0 saturated heterocycles. The van der Waals surface area contributed by atoms with Crippen LogP contribution in [0.4, 0.5) is 5.69 Å². The number of carbonyl (C=O) groups is 1. The van der Waals surface area contributed by atoms with Crippen molar-refractivity contribution in [2.75, 3.05) is 5.32 Å². The Hall–Kier alpha value is -1.06. The SMILES string of the molecule is CCCC(N)C(=O)Nc1cccc(Cl)c1C. The van der Waals surface area contributed by atoms with Crippen LogP contribution in [-0.4, -0.2) is 11.9 Å². The van der Waals surface area contributed by atoms with Crippen LogP contribution in [0.3, 0.4) is 0 Å². The number of nitrogens with two attached hydrogens (primary N) is 1. The van der Waals surface area contributed by atoms with Gasteiger partial charge in [0.2, 0.25) is 5.91 Å². The van der Waals surface area contributed by atoms with Gasteiger partial charge in [-0.25, -0.2) is 0 Å². The standard InChI is InChI=1S/C12H17ClN2O/c1-3-5-10(14)12(16)15-11-7-4-6-9(13)8(11)2/h4,6-7,10H,3,5,14H2,1-2H3,(H,15,16). The monoisotopic (exact) mass is 240 g/mol. The molecule has 0 spiro atoms. The molecule has 1 atom stereocenters. The average molecular weight is 241 g/mol. The quantitative estimate of drug-likeness (QED) is 0.850. The lowest BCUT2D eigenvalue weighted by atomic mass is 10.1. The lowest BCUT2D eigenvalue weighted by molar-refractivity contribution is -0.117. The van der Waals surface area contributed by atoms with Crippen molar-refractivity contribution in [2.45, 2.75) is 32.7 Å². The first-order valence-corrected chi connectivity index (χ1v) is 5.75. The van der Waals surface area contributed by atoms with Crippen LogP contribution in [0.5, 0.6) is 0 Å². The number of benzene rings is 1. The summed E-state index contributed by atoms with van der Waals surface area (Å²) < 4.78 is 0. The van der Waals surface area contributed by atoms with Crippen molar-refractivity contribution in [3.05, 3.63) is 28.8 Å². The highest BCUT2D eigenvalue weighted by atomic mass is 35.5. The maximum Gasteiger partial charge on any atom is 0.241 e. The Labute approximate surface area is 101 Å². The highest BCUT2D eigenvalue weighted by Crippen LogP contribution is 2.22. The molecule has 3 nitrogen and oxygen atoms in total. The zero-order valence-corrected chi connectivity index (χ0v) is 10.3. The van der Waals surface area contributed by atoms with Gasteiger partial charge in [-0.15, -0.1) is 0 Å². The summed E-state index contributed by atoms with van der Waals surface area (Å²) in [5.41, 5.74) is 7.31. The second-order valence-electron chi connectivity index (χ2n) is 3.80. The smallest absolute Gasteiger partial charge is 0.241 e. The number of anilines is 1. The molecular formula is C12H17ClN2O. The Morgan fingerprint density at radius 1 is 1.56 bits per heavy atom. The van der Waals surface area contributed by atoms with Gasteiger partial charge in [-0.1, -0.05) is 31.0 Å². The van der Waals surface area contributed by atoms with Gasteiger partial charge in [-0.2, -0.15) is 0 Å². The molecule has 1 rings (SSSR count). The fourth-order valence-corrected chi connectivity index (χ4v) is 1.58. The van der Waals surface area contributed by atoms with E-state index in [-0.39, 0.29) is 5.91 Å². The first-order chi connectivity index (χ1) is 7.56. The summed E-state index contributed by atoms with van der Waals surface area (Å²) in [5.74, 6) is -0.160. The van der Waals surface area contributed by atoms with Gasteiger partial charge < -0.3 is 11.1 Å². The largest absolute Gasteiger partial charge is 0.324 e. The van der Waals surface area contributed by atoms with E-state index >= 15 is 0 Å². The summed E-state index contributed by atoms with van der Waals surface area (Å²) in [5, 5.41) is 3.43. The van der Waals surface area contributed by atoms with Crippen LogP contribution in [-0.2, 0) is 4.79 Å². The van der Waals surface area contributed by atoms with Gasteiger partial charge >= 0.3 is 0 Å². The number of nitrogens with one attached hydrogen (secondary N) is 1. The number of halogens is 1. The van der Waals surface area contributed by atoms with Crippen LogP contribution < -0.4 is 11.1 Å². The van der Waals surface area contributed by atoms with E-state index in [9.17, 15) is 4.79 Å². The van der Waals surface area contributed by atoms with E-state index in [1.54, 1.807) is 12.1 Å². The van der Waals surface area contributed by atoms with Crippen molar-refractivity contribution in [3.8, 4) is 0 Å². The molecule has 0 aliphatic rings. The lowest BCUT2D eigenvalue weighted by Gasteiger charge is -2.13. The second-order valence-corrected chi connectivity index (χ2v) is 4.20. The zero-order chi connectivity index (χ0) is 12.1. The Kier molecular flexibility index (Phi) is 4.77. The third-order valence-electron chi connectivity index (χ3n) is 2.46. The Balaban J connectivity index is 2.73. The van der Waals surface area contributed by atoms with E-state index in [1.165, 1.54) is 0 Å². The molecule has 0 aromatic heterocycles. The van der Waals surface area contributed by atoms with Crippen LogP contribution in [0.2, 0.25) is 5.02 Å². The van der Waals surface area contributed by atoms with Crippen molar-refractivity contribution >= 4 is 23.2 Å². The predicted octanol–water partition coefficient (Wildman–Crippen LogP) is 2.71. The van der Waals surface area contributed by atoms with Gasteiger partial charge in [-0.05, 0) is 31.0 Å². The molecule has 88 valence electrons. The molecule has 0 aliphatic heterocycles. The van der Waals surface area contributed by atoms with Crippen LogP contribution in [0.25, 0.3) is 0 Å². The molecule has 3 N–H and O–H groups in total. The molecule has 1 aromatic rings. The van der Waals surface area contributed by atoms with Gasteiger partial charge in [0.1, 0.15) is 0 Å². The average Bonchev–Trinajstić information content (AvgIpc) is 2.25. The summed E-state index contributed by atoms with van der Waals surface area (Å²) >= 11 is 5.96. The molecule has 0 bridgehead atoms. The molecule has 0 saturated carbocycles. The topological polar surface area (TPSA) is 55.1 Å². The van der Waals surface area contributed by atoms with E-state index in [0.717, 1.165) is 17.7 Å². The van der Waals surface area contributed by atoms with Crippen LogP contribution in [0.1, 0.15) is 25.3 Å². The maximum absolute atomic E-state index is 11.7. The molecule has 0 heterocycles. The molecular weight excluding hydrogens is 224 g/mol. The van der Waals surface area contributed by atoms with Gasteiger partial charge in [0, 0.05) is 10.7 Å². The van der Waals surface area contributed by atoms with Gasteiger partial charge in [-0.3, -0.25) is 4.79 Å². The van der Waals surface area contributed by atoms with Crippen LogP contribution in [0.15, 0.2) is 18.2 Å². The first-order valence-electron chi connectivity index (χ1n) is 5.37. The van der Waals surface area contributed by atoms with Crippen molar-refractivity contribution in [1.82, 2.24) is 0 Å². The van der Waals surface area contributed by atoms with E-state index in [2.05, 4.69) is 5.32 Å². The third kappa shape index (κ3) is 3.22. The molecule has 16 heavy (non-hydrogen) atoms. The van der Waals surface area contributed by atoms with Gasteiger partial charge in [0.15, 0.2) is 0 Å². The highest BCUT2D eigenvalue weighted by molar-refractivity contribution is 6.31. The minimum absolute atomic E-state index is 0.160. The first kappa shape index (κ1) is 13.0. The molecule has 0 aliphatic carbocycles. The number of rotatable bonds is 4. The van der Waals surface area contributed by atoms with Crippen molar-refractivity contribution < 1.29 is 4.79 Å². The Bertz CT molecular complexity index is 379. The fourth-order valence-electron chi connectivity index (χ4n) is 1.41. The minimum atomic E-state index is -0.455. The van der Waals surface area contributed by atoms with Crippen molar-refractivity contribution in [1.29, 1.82) is 0 Å². The molecule has 1 aromatic carbocycles. The van der Waals surface area contributed by atoms with E-state index in [1.807, 2.05) is 19.9 Å². The van der Waals surface area contributed by atoms with E-state index in [4.69, 9.17) is 17.3 Å². The normalized spacial score (nSPS) is 12.2. The summed E-state index contributed by atoms with van der Waals surface area (Å²) in [6, 6.07) is 4.95. The summed E-state index contributed by atoms with van der Waals surface area (Å²) in [6.07, 6.45) is 1.58. The number of amides is 1. The third-order valence-corrected chi connectivity index (χ3v) is 2.87. The molecule has 0 radical (unpaired) electrons. The molecule has 1 amide bonds. The Morgan fingerprint density at radius 2 is 2.25 bits per heavy atom. The molecule has 1 unspecified atom stereocenters. The summed E-state index contributed by atoms with van der Waals surface area (Å²) in [4.78, 5) is 11.7. The van der Waals surface area contributed by atoms with Crippen LogP contribution >= 0.6 is 11.6 Å². The summed E-state index contributed by atoms with van der Waals surface area (Å²) in [7, 11) is 0. The van der Waals surface area contributed by atoms with Crippen molar-refractivity contribution in [3.63, 3.8) is 0 Å². The lowest BCUT2D eigenvalue weighted by Crippen LogP contribution is -2.35.